The number of rotatable bonds is 5. The standard InChI is InChI=1S/C13H13BrN2O3S2/c1-9-4-5-10(7-11(9)14)16-12(17)8-15-21(18,19)13-3-2-6-20-13/h2-7,15H,8H2,1H3,(H,16,17). The van der Waals surface area contributed by atoms with E-state index < -0.39 is 15.9 Å². The Balaban J connectivity index is 1.95. The number of halogens is 1. The molecule has 112 valence electrons. The Bertz CT molecular complexity index is 743. The zero-order valence-corrected chi connectivity index (χ0v) is 14.3. The minimum Gasteiger partial charge on any atom is -0.325 e. The van der Waals surface area contributed by atoms with Crippen LogP contribution in [-0.2, 0) is 14.8 Å². The first-order chi connectivity index (χ1) is 9.88. The summed E-state index contributed by atoms with van der Waals surface area (Å²) in [5, 5.41) is 4.30. The average molecular weight is 389 g/mol. The molecular formula is C13H13BrN2O3S2. The van der Waals surface area contributed by atoms with Crippen LogP contribution in [0.4, 0.5) is 5.69 Å². The van der Waals surface area contributed by atoms with Crippen LogP contribution in [-0.4, -0.2) is 20.9 Å². The van der Waals surface area contributed by atoms with E-state index in [9.17, 15) is 13.2 Å². The van der Waals surface area contributed by atoms with Crippen molar-refractivity contribution < 1.29 is 13.2 Å². The summed E-state index contributed by atoms with van der Waals surface area (Å²) < 4.78 is 27.1. The lowest BCUT2D eigenvalue weighted by Gasteiger charge is -2.08. The molecule has 0 saturated heterocycles. The first kappa shape index (κ1) is 16.2. The van der Waals surface area contributed by atoms with Crippen molar-refractivity contribution in [2.75, 3.05) is 11.9 Å². The second kappa shape index (κ2) is 6.69. The topological polar surface area (TPSA) is 75.3 Å². The number of anilines is 1. The monoisotopic (exact) mass is 388 g/mol. The van der Waals surface area contributed by atoms with Gasteiger partial charge in [-0.15, -0.1) is 11.3 Å². The Hall–Kier alpha value is -1.22. The third-order valence-corrected chi connectivity index (χ3v) is 6.29. The second-order valence-corrected chi connectivity index (χ2v) is 8.06. The Morgan fingerprint density at radius 1 is 1.33 bits per heavy atom. The van der Waals surface area contributed by atoms with E-state index in [1.807, 2.05) is 13.0 Å². The molecule has 0 bridgehead atoms. The number of carbonyl (C=O) groups is 1. The van der Waals surface area contributed by atoms with Crippen LogP contribution < -0.4 is 10.0 Å². The highest BCUT2D eigenvalue weighted by Gasteiger charge is 2.16. The van der Waals surface area contributed by atoms with Gasteiger partial charge in [-0.2, -0.15) is 0 Å². The smallest absolute Gasteiger partial charge is 0.250 e. The molecule has 1 amide bonds. The lowest BCUT2D eigenvalue weighted by Crippen LogP contribution is -2.32. The quantitative estimate of drug-likeness (QED) is 0.826. The fourth-order valence-electron chi connectivity index (χ4n) is 1.52. The van der Waals surface area contributed by atoms with Crippen LogP contribution in [0.25, 0.3) is 0 Å². The van der Waals surface area contributed by atoms with Gasteiger partial charge in [0.1, 0.15) is 4.21 Å². The van der Waals surface area contributed by atoms with Crippen LogP contribution in [0, 0.1) is 6.92 Å². The van der Waals surface area contributed by atoms with Crippen LogP contribution >= 0.6 is 27.3 Å². The molecule has 2 aromatic rings. The normalized spacial score (nSPS) is 11.3. The van der Waals surface area contributed by atoms with Gasteiger partial charge in [0, 0.05) is 10.2 Å². The van der Waals surface area contributed by atoms with E-state index in [1.54, 1.807) is 23.6 Å². The summed E-state index contributed by atoms with van der Waals surface area (Å²) >= 11 is 4.47. The number of carbonyl (C=O) groups excluding carboxylic acids is 1. The molecular weight excluding hydrogens is 376 g/mol. The van der Waals surface area contributed by atoms with Gasteiger partial charge in [0.05, 0.1) is 6.54 Å². The summed E-state index contributed by atoms with van der Waals surface area (Å²) in [5.41, 5.74) is 1.65. The SMILES string of the molecule is Cc1ccc(NC(=O)CNS(=O)(=O)c2cccs2)cc1Br. The van der Waals surface area contributed by atoms with Crippen LogP contribution in [0.15, 0.2) is 44.4 Å². The number of sulfonamides is 1. The van der Waals surface area contributed by atoms with Gasteiger partial charge in [-0.25, -0.2) is 13.1 Å². The molecule has 0 fully saturated rings. The summed E-state index contributed by atoms with van der Waals surface area (Å²) in [5.74, 6) is -0.425. The fourth-order valence-corrected chi connectivity index (χ4v) is 3.92. The molecule has 0 radical (unpaired) electrons. The minimum absolute atomic E-state index is 0.188. The molecule has 21 heavy (non-hydrogen) atoms. The molecule has 1 aromatic carbocycles. The van der Waals surface area contributed by atoms with E-state index in [2.05, 4.69) is 26.0 Å². The summed E-state index contributed by atoms with van der Waals surface area (Å²) in [7, 11) is -3.62. The van der Waals surface area contributed by atoms with Crippen LogP contribution in [0.2, 0.25) is 0 Å². The fraction of sp³-hybridized carbons (Fsp3) is 0.154. The molecule has 0 spiro atoms. The van der Waals surface area contributed by atoms with Crippen molar-refractivity contribution in [3.8, 4) is 0 Å². The molecule has 2 rings (SSSR count). The summed E-state index contributed by atoms with van der Waals surface area (Å²) in [6, 6.07) is 8.51. The molecule has 5 nitrogen and oxygen atoms in total. The Morgan fingerprint density at radius 3 is 2.71 bits per heavy atom. The van der Waals surface area contributed by atoms with Gasteiger partial charge >= 0.3 is 0 Å². The maximum atomic E-state index is 11.9. The van der Waals surface area contributed by atoms with Crippen molar-refractivity contribution in [3.63, 3.8) is 0 Å². The van der Waals surface area contributed by atoms with Crippen molar-refractivity contribution in [2.45, 2.75) is 11.1 Å². The number of amides is 1. The third-order valence-electron chi connectivity index (χ3n) is 2.64. The summed E-state index contributed by atoms with van der Waals surface area (Å²) in [6.07, 6.45) is 0. The Morgan fingerprint density at radius 2 is 2.10 bits per heavy atom. The first-order valence-corrected chi connectivity index (χ1v) is 9.13. The van der Waals surface area contributed by atoms with Gasteiger partial charge in [0.25, 0.3) is 10.0 Å². The molecule has 0 saturated carbocycles. The van der Waals surface area contributed by atoms with Gasteiger partial charge < -0.3 is 5.32 Å². The van der Waals surface area contributed by atoms with E-state index in [4.69, 9.17) is 0 Å². The van der Waals surface area contributed by atoms with E-state index >= 15 is 0 Å². The maximum absolute atomic E-state index is 11.9. The Labute approximate surface area is 135 Å². The molecule has 0 aliphatic heterocycles. The van der Waals surface area contributed by atoms with E-state index in [-0.39, 0.29) is 10.8 Å². The molecule has 0 unspecified atom stereocenters. The van der Waals surface area contributed by atoms with Gasteiger partial charge in [0.2, 0.25) is 5.91 Å². The van der Waals surface area contributed by atoms with Crippen molar-refractivity contribution >= 4 is 48.9 Å². The number of aryl methyl sites for hydroxylation is 1. The van der Waals surface area contributed by atoms with E-state index in [0.29, 0.717) is 5.69 Å². The third kappa shape index (κ3) is 4.37. The van der Waals surface area contributed by atoms with Crippen LogP contribution in [0.3, 0.4) is 0 Å². The number of nitrogens with one attached hydrogen (secondary N) is 2. The van der Waals surface area contributed by atoms with Crippen molar-refractivity contribution in [1.29, 1.82) is 0 Å². The van der Waals surface area contributed by atoms with Crippen molar-refractivity contribution in [2.24, 2.45) is 0 Å². The highest BCUT2D eigenvalue weighted by molar-refractivity contribution is 9.10. The zero-order valence-electron chi connectivity index (χ0n) is 11.1. The molecule has 0 atom stereocenters. The molecule has 0 aliphatic carbocycles. The summed E-state index contributed by atoms with van der Waals surface area (Å²) in [4.78, 5) is 11.8. The van der Waals surface area contributed by atoms with Gasteiger partial charge in [0.15, 0.2) is 0 Å². The summed E-state index contributed by atoms with van der Waals surface area (Å²) in [6.45, 7) is 1.62. The van der Waals surface area contributed by atoms with Gasteiger partial charge in [-0.3, -0.25) is 4.79 Å². The second-order valence-electron chi connectivity index (χ2n) is 4.27. The maximum Gasteiger partial charge on any atom is 0.250 e. The number of thiophene rings is 1. The average Bonchev–Trinajstić information content (AvgIpc) is 2.96. The lowest BCUT2D eigenvalue weighted by molar-refractivity contribution is -0.115. The predicted molar refractivity (Wildman–Crippen MR) is 87.0 cm³/mol. The lowest BCUT2D eigenvalue weighted by atomic mass is 10.2. The van der Waals surface area contributed by atoms with Crippen molar-refractivity contribution in [3.05, 3.63) is 45.7 Å². The van der Waals surface area contributed by atoms with E-state index in [0.717, 1.165) is 21.4 Å². The largest absolute Gasteiger partial charge is 0.325 e. The molecule has 2 N–H and O–H groups in total. The minimum atomic E-state index is -3.62. The van der Waals surface area contributed by atoms with Crippen LogP contribution in [0.5, 0.6) is 0 Å². The highest BCUT2D eigenvalue weighted by Crippen LogP contribution is 2.20. The Kier molecular flexibility index (Phi) is 5.15. The first-order valence-electron chi connectivity index (χ1n) is 5.97. The van der Waals surface area contributed by atoms with Crippen molar-refractivity contribution in [1.82, 2.24) is 4.72 Å². The van der Waals surface area contributed by atoms with E-state index in [1.165, 1.54) is 6.07 Å². The number of benzene rings is 1. The number of hydrogen-bond acceptors (Lipinski definition) is 4. The van der Waals surface area contributed by atoms with Crippen LogP contribution in [0.1, 0.15) is 5.56 Å². The molecule has 0 aliphatic rings. The zero-order chi connectivity index (χ0) is 15.5. The highest BCUT2D eigenvalue weighted by atomic mass is 79.9. The van der Waals surface area contributed by atoms with Gasteiger partial charge in [-0.05, 0) is 36.1 Å². The molecule has 1 aromatic heterocycles. The number of hydrogen-bond donors (Lipinski definition) is 2. The molecule has 1 heterocycles. The predicted octanol–water partition coefficient (Wildman–Crippen LogP) is 2.74. The van der Waals surface area contributed by atoms with Gasteiger partial charge in [-0.1, -0.05) is 28.1 Å². The molecule has 8 heteroatoms.